The average Bonchev–Trinajstić information content (AvgIpc) is 3.14. The Morgan fingerprint density at radius 2 is 1.85 bits per heavy atom. The van der Waals surface area contributed by atoms with Crippen molar-refractivity contribution in [3.05, 3.63) is 58.6 Å². The van der Waals surface area contributed by atoms with Crippen molar-refractivity contribution in [2.45, 2.75) is 45.5 Å². The Bertz CT molecular complexity index is 711. The maximum Gasteiger partial charge on any atom is 0.148 e. The molecule has 4 rings (SSSR count). The van der Waals surface area contributed by atoms with Gasteiger partial charge >= 0.3 is 0 Å². The minimum atomic E-state index is 0.755. The van der Waals surface area contributed by atoms with Crippen LogP contribution in [0.4, 0.5) is 0 Å². The first kappa shape index (κ1) is 20.3. The van der Waals surface area contributed by atoms with Crippen LogP contribution in [0.25, 0.3) is 0 Å². The fourth-order valence-electron chi connectivity index (χ4n) is 4.12. The topological polar surface area (TPSA) is 12.5 Å². The number of methoxy groups -OCH3 is 1. The lowest BCUT2D eigenvalue weighted by atomic mass is 9.73. The van der Waals surface area contributed by atoms with Crippen molar-refractivity contribution in [1.82, 2.24) is 4.90 Å². The maximum absolute atomic E-state index is 6.09. The highest BCUT2D eigenvalue weighted by molar-refractivity contribution is 6.51. The summed E-state index contributed by atoms with van der Waals surface area (Å²) in [5.74, 6) is 1.79. The van der Waals surface area contributed by atoms with Crippen LogP contribution >= 0.6 is 11.6 Å². The van der Waals surface area contributed by atoms with Gasteiger partial charge in [-0.15, -0.1) is 0 Å². The Kier molecular flexibility index (Phi) is 7.26. The monoisotopic (exact) mass is 382 g/mol. The normalized spacial score (nSPS) is 21.8. The van der Waals surface area contributed by atoms with E-state index >= 15 is 0 Å². The van der Waals surface area contributed by atoms with Crippen LogP contribution in [0.5, 0.6) is 5.75 Å². The highest BCUT2D eigenvalue weighted by Gasteiger charge is 2.28. The van der Waals surface area contributed by atoms with Gasteiger partial charge in [0.15, 0.2) is 0 Å². The third kappa shape index (κ3) is 5.52. The van der Waals surface area contributed by atoms with E-state index in [4.69, 9.17) is 16.3 Å². The Morgan fingerprint density at radius 3 is 2.48 bits per heavy atom. The summed E-state index contributed by atoms with van der Waals surface area (Å²) in [7, 11) is 3.73. The summed E-state index contributed by atoms with van der Waals surface area (Å²) in [5.41, 5.74) is 4.21. The van der Waals surface area contributed by atoms with Gasteiger partial charge in [-0.3, -0.25) is 4.90 Å². The third-order valence-electron chi connectivity index (χ3n) is 5.79. The van der Waals surface area contributed by atoms with Gasteiger partial charge in [0.1, 0.15) is 13.0 Å². The van der Waals surface area contributed by atoms with Gasteiger partial charge in [0.2, 0.25) is 0 Å². The van der Waals surface area contributed by atoms with E-state index < -0.39 is 0 Å². The van der Waals surface area contributed by atoms with Crippen LogP contribution in [-0.4, -0.2) is 38.4 Å². The summed E-state index contributed by atoms with van der Waals surface area (Å²) in [6.07, 6.45) is 5.12. The zero-order valence-corrected chi connectivity index (χ0v) is 17.5. The van der Waals surface area contributed by atoms with E-state index in [1.807, 2.05) is 37.2 Å². The van der Waals surface area contributed by atoms with Crippen LogP contribution in [0.1, 0.15) is 30.9 Å². The molecule has 2 atom stereocenters. The van der Waals surface area contributed by atoms with Gasteiger partial charge < -0.3 is 4.74 Å². The lowest BCUT2D eigenvalue weighted by Crippen LogP contribution is -2.37. The van der Waals surface area contributed by atoms with Gasteiger partial charge in [0, 0.05) is 17.6 Å². The van der Waals surface area contributed by atoms with Crippen molar-refractivity contribution >= 4 is 24.3 Å². The van der Waals surface area contributed by atoms with Crippen molar-refractivity contribution in [2.24, 2.45) is 5.92 Å². The van der Waals surface area contributed by atoms with Gasteiger partial charge in [-0.1, -0.05) is 49.0 Å². The molecule has 27 heavy (non-hydrogen) atoms. The molecule has 0 bridgehead atoms. The predicted molar refractivity (Wildman–Crippen MR) is 117 cm³/mol. The number of hydrogen-bond donors (Lipinski definition) is 0. The van der Waals surface area contributed by atoms with Gasteiger partial charge in [0.05, 0.1) is 7.11 Å². The van der Waals surface area contributed by atoms with Crippen LogP contribution < -0.4 is 10.2 Å². The van der Waals surface area contributed by atoms with E-state index in [1.54, 1.807) is 7.11 Å². The molecule has 2 unspecified atom stereocenters. The van der Waals surface area contributed by atoms with Crippen LogP contribution in [0.2, 0.25) is 11.8 Å². The standard InChI is InChI=1S/C15H20ClN.C8H10BO/c1-11-6-7-17(10-11)15-5-3-12-2-4-14(16)8-13(12)9-15;1-9-7-3-5-8(10-2)6-4-7/h2,4,8,11,15H,3,5-7,9-10H2,1H3;3-6H,1-2H3. The van der Waals surface area contributed by atoms with Crippen LogP contribution in [0.15, 0.2) is 42.5 Å². The molecule has 0 amide bonds. The second-order valence-electron chi connectivity index (χ2n) is 7.76. The number of likely N-dealkylation sites (tertiary alicyclic amines) is 1. The summed E-state index contributed by atoms with van der Waals surface area (Å²) in [6, 6.07) is 15.1. The van der Waals surface area contributed by atoms with Crippen LogP contribution in [0, 0.1) is 5.92 Å². The lowest BCUT2D eigenvalue weighted by molar-refractivity contribution is 0.216. The second-order valence-corrected chi connectivity index (χ2v) is 8.20. The minimum absolute atomic E-state index is 0.755. The number of benzene rings is 2. The first-order chi connectivity index (χ1) is 13.1. The van der Waals surface area contributed by atoms with E-state index in [1.165, 1.54) is 55.4 Å². The molecule has 4 heteroatoms. The van der Waals surface area contributed by atoms with Crippen molar-refractivity contribution in [3.63, 3.8) is 0 Å². The number of nitrogens with zero attached hydrogens (tertiary/aromatic N) is 1. The molecule has 1 fully saturated rings. The van der Waals surface area contributed by atoms with Gasteiger partial charge in [0.25, 0.3) is 0 Å². The molecule has 2 nitrogen and oxygen atoms in total. The summed E-state index contributed by atoms with van der Waals surface area (Å²) in [4.78, 5) is 2.69. The third-order valence-corrected chi connectivity index (χ3v) is 6.03. The van der Waals surface area contributed by atoms with Gasteiger partial charge in [-0.2, -0.15) is 0 Å². The first-order valence-corrected chi connectivity index (χ1v) is 10.4. The predicted octanol–water partition coefficient (Wildman–Crippen LogP) is 4.61. The lowest BCUT2D eigenvalue weighted by Gasteiger charge is -2.32. The van der Waals surface area contributed by atoms with E-state index in [0.717, 1.165) is 22.7 Å². The molecule has 2 aromatic rings. The molecule has 1 heterocycles. The number of ether oxygens (including phenoxy) is 1. The van der Waals surface area contributed by atoms with Crippen molar-refractivity contribution in [2.75, 3.05) is 20.2 Å². The molecular formula is C23H30BClNO. The average molecular weight is 383 g/mol. The zero-order chi connectivity index (χ0) is 19.2. The Morgan fingerprint density at radius 1 is 1.07 bits per heavy atom. The molecule has 0 aromatic heterocycles. The minimum Gasteiger partial charge on any atom is -0.497 e. The van der Waals surface area contributed by atoms with Crippen molar-refractivity contribution in [3.8, 4) is 5.75 Å². The first-order valence-electron chi connectivity index (χ1n) is 10.0. The second kappa shape index (κ2) is 9.66. The van der Waals surface area contributed by atoms with E-state index in [9.17, 15) is 0 Å². The molecule has 1 aliphatic heterocycles. The number of rotatable bonds is 3. The Balaban J connectivity index is 0.000000180. The fourth-order valence-corrected chi connectivity index (χ4v) is 4.31. The number of halogens is 1. The number of aryl methyl sites for hydroxylation is 1. The molecule has 1 radical (unpaired) electrons. The smallest absolute Gasteiger partial charge is 0.148 e. The fraction of sp³-hybridized carbons (Fsp3) is 0.478. The molecule has 2 aromatic carbocycles. The van der Waals surface area contributed by atoms with Crippen LogP contribution in [0.3, 0.4) is 0 Å². The van der Waals surface area contributed by atoms with E-state index in [2.05, 4.69) is 31.2 Å². The van der Waals surface area contributed by atoms with Crippen molar-refractivity contribution in [1.29, 1.82) is 0 Å². The molecule has 1 saturated heterocycles. The zero-order valence-electron chi connectivity index (χ0n) is 16.7. The highest BCUT2D eigenvalue weighted by atomic mass is 35.5. The summed E-state index contributed by atoms with van der Waals surface area (Å²) >= 11 is 6.09. The molecule has 2 aliphatic rings. The summed E-state index contributed by atoms with van der Waals surface area (Å²) in [5, 5.41) is 0.888. The molecule has 0 saturated carbocycles. The maximum atomic E-state index is 6.09. The quantitative estimate of drug-likeness (QED) is 0.719. The Hall–Kier alpha value is -1.45. The molecule has 143 valence electrons. The molecule has 1 aliphatic carbocycles. The van der Waals surface area contributed by atoms with E-state index in [0.29, 0.717) is 0 Å². The van der Waals surface area contributed by atoms with Crippen molar-refractivity contribution < 1.29 is 4.74 Å². The molecular weight excluding hydrogens is 353 g/mol. The highest BCUT2D eigenvalue weighted by Crippen LogP contribution is 2.29. The summed E-state index contributed by atoms with van der Waals surface area (Å²) in [6.45, 7) is 6.97. The van der Waals surface area contributed by atoms with Crippen LogP contribution in [-0.2, 0) is 12.8 Å². The Labute approximate surface area is 170 Å². The number of fused-ring (bicyclic) bond motifs is 1. The van der Waals surface area contributed by atoms with E-state index in [-0.39, 0.29) is 0 Å². The van der Waals surface area contributed by atoms with Gasteiger partial charge in [-0.05, 0) is 73.5 Å². The molecule has 0 spiro atoms. The SMILES string of the molecule is CC1CCN(C2CCc3ccc(Cl)cc3C2)C1.C[B]c1ccc(OC)cc1. The number of hydrogen-bond acceptors (Lipinski definition) is 2. The largest absolute Gasteiger partial charge is 0.497 e. The summed E-state index contributed by atoms with van der Waals surface area (Å²) < 4.78 is 5.00. The van der Waals surface area contributed by atoms with Gasteiger partial charge in [-0.25, -0.2) is 0 Å². The molecule has 0 N–H and O–H groups in total.